The predicted molar refractivity (Wildman–Crippen MR) is 71.9 cm³/mol. The smallest absolute Gasteiger partial charge is 0.222 e. The summed E-state index contributed by atoms with van der Waals surface area (Å²) in [6, 6.07) is 7.96. The van der Waals surface area contributed by atoms with Gasteiger partial charge in [-0.05, 0) is 25.0 Å². The van der Waals surface area contributed by atoms with E-state index in [2.05, 4.69) is 5.32 Å². The Balaban J connectivity index is 2.48. The Morgan fingerprint density at radius 3 is 2.67 bits per heavy atom. The van der Waals surface area contributed by atoms with Gasteiger partial charge in [-0.25, -0.2) is 0 Å². The number of carbonyl (C=O) groups is 1. The third-order valence-electron chi connectivity index (χ3n) is 2.41. The lowest BCUT2D eigenvalue weighted by molar-refractivity contribution is -0.122. The molecule has 0 saturated carbocycles. The summed E-state index contributed by atoms with van der Waals surface area (Å²) in [4.78, 5) is 11.6. The molecule has 0 saturated heterocycles. The van der Waals surface area contributed by atoms with Gasteiger partial charge in [0.05, 0.1) is 6.61 Å². The van der Waals surface area contributed by atoms with Crippen LogP contribution in [0.1, 0.15) is 31.4 Å². The topological polar surface area (TPSA) is 64.3 Å². The Morgan fingerprint density at radius 1 is 1.39 bits per heavy atom. The summed E-state index contributed by atoms with van der Waals surface area (Å²) in [6.07, 6.45) is 0.324. The molecule has 4 nitrogen and oxygen atoms in total. The van der Waals surface area contributed by atoms with Crippen molar-refractivity contribution in [1.82, 2.24) is 5.32 Å². The molecule has 1 aromatic carbocycles. The number of methoxy groups -OCH3 is 1. The monoisotopic (exact) mass is 250 g/mol. The van der Waals surface area contributed by atoms with Gasteiger partial charge in [0, 0.05) is 25.6 Å². The van der Waals surface area contributed by atoms with Crippen molar-refractivity contribution in [2.45, 2.75) is 39.0 Å². The first kappa shape index (κ1) is 14.7. The van der Waals surface area contributed by atoms with Crippen molar-refractivity contribution < 1.29 is 9.53 Å². The van der Waals surface area contributed by atoms with E-state index in [4.69, 9.17) is 10.5 Å². The highest BCUT2D eigenvalue weighted by atomic mass is 16.5. The van der Waals surface area contributed by atoms with E-state index in [0.29, 0.717) is 19.6 Å². The number of amides is 1. The number of hydrogen-bond acceptors (Lipinski definition) is 3. The average Bonchev–Trinajstić information content (AvgIpc) is 2.25. The molecule has 0 spiro atoms. The maximum atomic E-state index is 11.6. The Labute approximate surface area is 109 Å². The lowest BCUT2D eigenvalue weighted by Gasteiger charge is -2.17. The minimum Gasteiger partial charge on any atom is -0.380 e. The van der Waals surface area contributed by atoms with Crippen molar-refractivity contribution in [3.05, 3.63) is 35.4 Å². The normalized spacial score (nSPS) is 11.3. The average molecular weight is 250 g/mol. The molecule has 0 unspecified atom stereocenters. The molecule has 1 aromatic rings. The van der Waals surface area contributed by atoms with Crippen molar-refractivity contribution >= 4 is 5.91 Å². The van der Waals surface area contributed by atoms with Crippen LogP contribution in [0.4, 0.5) is 0 Å². The third-order valence-corrected chi connectivity index (χ3v) is 2.41. The molecule has 0 atom stereocenters. The summed E-state index contributed by atoms with van der Waals surface area (Å²) < 4.78 is 5.07. The van der Waals surface area contributed by atoms with Gasteiger partial charge in [0.1, 0.15) is 0 Å². The molecule has 3 N–H and O–H groups in total. The second-order valence-electron chi connectivity index (χ2n) is 5.20. The SMILES string of the molecule is COCc1cccc(CNC(=O)CC(C)(C)N)c1. The van der Waals surface area contributed by atoms with E-state index in [0.717, 1.165) is 11.1 Å². The predicted octanol–water partition coefficient (Wildman–Crippen LogP) is 1.58. The van der Waals surface area contributed by atoms with Crippen LogP contribution in [-0.2, 0) is 22.7 Å². The maximum absolute atomic E-state index is 11.6. The van der Waals surface area contributed by atoms with Crippen LogP contribution in [0.2, 0.25) is 0 Å². The van der Waals surface area contributed by atoms with Gasteiger partial charge < -0.3 is 15.8 Å². The van der Waals surface area contributed by atoms with E-state index in [1.807, 2.05) is 38.1 Å². The molecule has 1 amide bonds. The third kappa shape index (κ3) is 5.80. The van der Waals surface area contributed by atoms with E-state index in [-0.39, 0.29) is 5.91 Å². The minimum atomic E-state index is -0.470. The number of rotatable bonds is 6. The highest BCUT2D eigenvalue weighted by Gasteiger charge is 2.15. The lowest BCUT2D eigenvalue weighted by Crippen LogP contribution is -2.38. The van der Waals surface area contributed by atoms with Crippen LogP contribution < -0.4 is 11.1 Å². The lowest BCUT2D eigenvalue weighted by atomic mass is 10.0. The summed E-state index contributed by atoms with van der Waals surface area (Å²) in [6.45, 7) is 4.78. The molecule has 0 heterocycles. The van der Waals surface area contributed by atoms with Gasteiger partial charge >= 0.3 is 0 Å². The molecule has 0 fully saturated rings. The van der Waals surface area contributed by atoms with Gasteiger partial charge in [-0.15, -0.1) is 0 Å². The van der Waals surface area contributed by atoms with Crippen LogP contribution in [0.25, 0.3) is 0 Å². The van der Waals surface area contributed by atoms with Crippen LogP contribution in [0, 0.1) is 0 Å². The van der Waals surface area contributed by atoms with Gasteiger partial charge in [-0.2, -0.15) is 0 Å². The van der Waals surface area contributed by atoms with Gasteiger partial charge in [-0.1, -0.05) is 24.3 Å². The second kappa shape index (κ2) is 6.52. The molecular formula is C14H22N2O2. The van der Waals surface area contributed by atoms with Crippen molar-refractivity contribution in [1.29, 1.82) is 0 Å². The van der Waals surface area contributed by atoms with E-state index in [1.165, 1.54) is 0 Å². The first-order valence-corrected chi connectivity index (χ1v) is 6.03. The molecule has 0 aliphatic rings. The summed E-state index contributed by atoms with van der Waals surface area (Å²) in [7, 11) is 1.66. The molecule has 100 valence electrons. The molecule has 0 radical (unpaired) electrons. The Hall–Kier alpha value is -1.39. The molecule has 0 aliphatic heterocycles. The second-order valence-corrected chi connectivity index (χ2v) is 5.20. The summed E-state index contributed by atoms with van der Waals surface area (Å²) in [5, 5.41) is 2.87. The highest BCUT2D eigenvalue weighted by molar-refractivity contribution is 5.77. The largest absolute Gasteiger partial charge is 0.380 e. The number of hydrogen-bond donors (Lipinski definition) is 2. The van der Waals surface area contributed by atoms with Gasteiger partial charge in [0.15, 0.2) is 0 Å². The molecule has 18 heavy (non-hydrogen) atoms. The fourth-order valence-corrected chi connectivity index (χ4v) is 1.67. The first-order chi connectivity index (χ1) is 8.40. The zero-order chi connectivity index (χ0) is 13.6. The number of nitrogens with two attached hydrogens (primary N) is 1. The summed E-state index contributed by atoms with van der Waals surface area (Å²) >= 11 is 0. The van der Waals surface area contributed by atoms with Crippen LogP contribution in [-0.4, -0.2) is 18.6 Å². The summed E-state index contributed by atoms with van der Waals surface area (Å²) in [5.41, 5.74) is 7.48. The Bertz CT molecular complexity index is 397. The van der Waals surface area contributed by atoms with Crippen LogP contribution in [0.15, 0.2) is 24.3 Å². The number of ether oxygens (including phenoxy) is 1. The molecule has 0 bridgehead atoms. The van der Waals surface area contributed by atoms with E-state index >= 15 is 0 Å². The quantitative estimate of drug-likeness (QED) is 0.805. The molecular weight excluding hydrogens is 228 g/mol. The highest BCUT2D eigenvalue weighted by Crippen LogP contribution is 2.07. The Morgan fingerprint density at radius 2 is 2.06 bits per heavy atom. The molecule has 0 aromatic heterocycles. The number of benzene rings is 1. The van der Waals surface area contributed by atoms with Crippen LogP contribution in [0.3, 0.4) is 0 Å². The van der Waals surface area contributed by atoms with Crippen molar-refractivity contribution in [2.24, 2.45) is 5.73 Å². The van der Waals surface area contributed by atoms with Crippen LogP contribution in [0.5, 0.6) is 0 Å². The maximum Gasteiger partial charge on any atom is 0.222 e. The minimum absolute atomic E-state index is 0.0281. The van der Waals surface area contributed by atoms with E-state index in [1.54, 1.807) is 7.11 Å². The van der Waals surface area contributed by atoms with E-state index < -0.39 is 5.54 Å². The van der Waals surface area contributed by atoms with Crippen molar-refractivity contribution in [2.75, 3.05) is 7.11 Å². The van der Waals surface area contributed by atoms with Crippen LogP contribution >= 0.6 is 0 Å². The fourth-order valence-electron chi connectivity index (χ4n) is 1.67. The summed E-state index contributed by atoms with van der Waals surface area (Å²) in [5.74, 6) is -0.0281. The molecule has 4 heteroatoms. The zero-order valence-electron chi connectivity index (χ0n) is 11.3. The van der Waals surface area contributed by atoms with Gasteiger partial charge in [0.25, 0.3) is 0 Å². The number of carbonyl (C=O) groups excluding carboxylic acids is 1. The standard InChI is InChI=1S/C14H22N2O2/c1-14(2,15)8-13(17)16-9-11-5-4-6-12(7-11)10-18-3/h4-7H,8-10,15H2,1-3H3,(H,16,17). The zero-order valence-corrected chi connectivity index (χ0v) is 11.3. The molecule has 1 rings (SSSR count). The Kier molecular flexibility index (Phi) is 5.31. The fraction of sp³-hybridized carbons (Fsp3) is 0.500. The van der Waals surface area contributed by atoms with E-state index in [9.17, 15) is 4.79 Å². The van der Waals surface area contributed by atoms with Gasteiger partial charge in [0.2, 0.25) is 5.91 Å². The first-order valence-electron chi connectivity index (χ1n) is 6.03. The van der Waals surface area contributed by atoms with Crippen molar-refractivity contribution in [3.63, 3.8) is 0 Å². The van der Waals surface area contributed by atoms with Crippen molar-refractivity contribution in [3.8, 4) is 0 Å². The molecule has 0 aliphatic carbocycles. The number of nitrogens with one attached hydrogen (secondary N) is 1. The van der Waals surface area contributed by atoms with Gasteiger partial charge in [-0.3, -0.25) is 4.79 Å².